The highest BCUT2D eigenvalue weighted by molar-refractivity contribution is 6.36. The van der Waals surface area contributed by atoms with Crippen LogP contribution in [0.15, 0.2) is 54.7 Å². The third-order valence-electron chi connectivity index (χ3n) is 3.49. The van der Waals surface area contributed by atoms with Crippen molar-refractivity contribution >= 4 is 52.0 Å². The quantitative estimate of drug-likeness (QED) is 0.632. The van der Waals surface area contributed by atoms with Crippen LogP contribution in [0, 0.1) is 0 Å². The van der Waals surface area contributed by atoms with Crippen LogP contribution in [0.1, 0.15) is 0 Å². The minimum absolute atomic E-state index is 0.444. The van der Waals surface area contributed by atoms with E-state index in [-0.39, 0.29) is 0 Å². The molecule has 2 aromatic carbocycles. The Balaban J connectivity index is 1.75. The maximum Gasteiger partial charge on any atom is 0.229 e. The van der Waals surface area contributed by atoms with Gasteiger partial charge in [0.05, 0.1) is 10.7 Å². The Labute approximate surface area is 156 Å². The molecule has 25 heavy (non-hydrogen) atoms. The van der Waals surface area contributed by atoms with Gasteiger partial charge in [0.1, 0.15) is 5.82 Å². The molecule has 3 rings (SSSR count). The largest absolute Gasteiger partial charge is 0.378 e. The van der Waals surface area contributed by atoms with Gasteiger partial charge in [-0.3, -0.25) is 0 Å². The van der Waals surface area contributed by atoms with Gasteiger partial charge in [-0.2, -0.15) is 4.98 Å². The van der Waals surface area contributed by atoms with Crippen molar-refractivity contribution in [3.8, 4) is 0 Å². The number of nitrogens with one attached hydrogen (secondary N) is 2. The van der Waals surface area contributed by atoms with Crippen molar-refractivity contribution in [2.75, 3.05) is 29.6 Å². The van der Waals surface area contributed by atoms with Gasteiger partial charge < -0.3 is 15.5 Å². The first-order chi connectivity index (χ1) is 12.0. The van der Waals surface area contributed by atoms with Crippen molar-refractivity contribution < 1.29 is 0 Å². The topological polar surface area (TPSA) is 53.1 Å². The number of anilines is 5. The van der Waals surface area contributed by atoms with E-state index >= 15 is 0 Å². The average Bonchev–Trinajstić information content (AvgIpc) is 2.58. The second-order valence-corrected chi connectivity index (χ2v) is 6.42. The smallest absolute Gasteiger partial charge is 0.229 e. The predicted molar refractivity (Wildman–Crippen MR) is 106 cm³/mol. The number of aromatic nitrogens is 2. The van der Waals surface area contributed by atoms with Crippen molar-refractivity contribution in [1.82, 2.24) is 9.97 Å². The van der Waals surface area contributed by atoms with Gasteiger partial charge >= 0.3 is 0 Å². The number of hydrogen-bond acceptors (Lipinski definition) is 5. The Morgan fingerprint density at radius 1 is 0.920 bits per heavy atom. The standard InChI is InChI=1S/C18H17Cl2N5/c1-25(2)14-6-4-13(5-7-14)22-17-9-10-21-18(24-17)23-16-8-3-12(19)11-15(16)20/h3-11H,1-2H3,(H2,21,22,23,24). The fourth-order valence-corrected chi connectivity index (χ4v) is 2.65. The summed E-state index contributed by atoms with van der Waals surface area (Å²) in [6.07, 6.45) is 1.68. The second kappa shape index (κ2) is 7.59. The van der Waals surface area contributed by atoms with Crippen molar-refractivity contribution in [2.45, 2.75) is 0 Å². The van der Waals surface area contributed by atoms with E-state index in [0.717, 1.165) is 11.4 Å². The van der Waals surface area contributed by atoms with E-state index in [1.54, 1.807) is 30.5 Å². The number of halogens is 2. The Kier molecular flexibility index (Phi) is 5.26. The van der Waals surface area contributed by atoms with Gasteiger partial charge in [0.15, 0.2) is 0 Å². The summed E-state index contributed by atoms with van der Waals surface area (Å²) < 4.78 is 0. The third kappa shape index (κ3) is 4.53. The summed E-state index contributed by atoms with van der Waals surface area (Å²) in [5.74, 6) is 1.12. The molecular weight excluding hydrogens is 357 g/mol. The van der Waals surface area contributed by atoms with Crippen LogP contribution < -0.4 is 15.5 Å². The lowest BCUT2D eigenvalue weighted by atomic mass is 10.2. The van der Waals surface area contributed by atoms with Gasteiger partial charge in [-0.1, -0.05) is 23.2 Å². The highest BCUT2D eigenvalue weighted by Crippen LogP contribution is 2.27. The molecule has 0 saturated heterocycles. The van der Waals surface area contributed by atoms with E-state index in [0.29, 0.717) is 27.5 Å². The summed E-state index contributed by atoms with van der Waals surface area (Å²) in [7, 11) is 4.01. The summed E-state index contributed by atoms with van der Waals surface area (Å²) >= 11 is 12.1. The minimum Gasteiger partial charge on any atom is -0.378 e. The van der Waals surface area contributed by atoms with E-state index in [9.17, 15) is 0 Å². The average molecular weight is 374 g/mol. The Bertz CT molecular complexity index is 866. The minimum atomic E-state index is 0.444. The molecule has 7 heteroatoms. The molecule has 0 aliphatic heterocycles. The van der Waals surface area contributed by atoms with E-state index in [1.807, 2.05) is 43.3 Å². The zero-order valence-corrected chi connectivity index (χ0v) is 15.3. The highest BCUT2D eigenvalue weighted by Gasteiger charge is 2.05. The van der Waals surface area contributed by atoms with E-state index in [2.05, 4.69) is 20.6 Å². The van der Waals surface area contributed by atoms with E-state index in [1.165, 1.54) is 0 Å². The first-order valence-electron chi connectivity index (χ1n) is 7.61. The molecule has 128 valence electrons. The molecule has 0 bridgehead atoms. The molecule has 0 unspecified atom stereocenters. The zero-order valence-electron chi connectivity index (χ0n) is 13.8. The summed E-state index contributed by atoms with van der Waals surface area (Å²) in [4.78, 5) is 10.7. The molecule has 5 nitrogen and oxygen atoms in total. The lowest BCUT2D eigenvalue weighted by Crippen LogP contribution is -2.08. The molecule has 0 atom stereocenters. The molecule has 2 N–H and O–H groups in total. The van der Waals surface area contributed by atoms with Crippen LogP contribution in [0.2, 0.25) is 10.0 Å². The van der Waals surface area contributed by atoms with Gasteiger partial charge in [-0.15, -0.1) is 0 Å². The summed E-state index contributed by atoms with van der Waals surface area (Å²) in [5.41, 5.74) is 2.77. The van der Waals surface area contributed by atoms with Crippen LogP contribution in [0.4, 0.5) is 28.8 Å². The first kappa shape index (κ1) is 17.3. The number of nitrogens with zero attached hydrogens (tertiary/aromatic N) is 3. The van der Waals surface area contributed by atoms with Crippen LogP contribution in [-0.2, 0) is 0 Å². The molecule has 0 spiro atoms. The monoisotopic (exact) mass is 373 g/mol. The molecule has 3 aromatic rings. The molecule has 1 aromatic heterocycles. The van der Waals surface area contributed by atoms with Crippen molar-refractivity contribution in [2.24, 2.45) is 0 Å². The normalized spacial score (nSPS) is 10.4. The van der Waals surface area contributed by atoms with Crippen molar-refractivity contribution in [3.63, 3.8) is 0 Å². The second-order valence-electron chi connectivity index (χ2n) is 5.58. The molecular formula is C18H17Cl2N5. The Morgan fingerprint density at radius 2 is 1.68 bits per heavy atom. The molecule has 0 aliphatic carbocycles. The predicted octanol–water partition coefficient (Wildman–Crippen LogP) is 5.34. The summed E-state index contributed by atoms with van der Waals surface area (Å²) in [5, 5.41) is 7.43. The maximum absolute atomic E-state index is 6.17. The summed E-state index contributed by atoms with van der Waals surface area (Å²) in [6, 6.07) is 15.1. The molecule has 1 heterocycles. The van der Waals surface area contributed by atoms with Gasteiger partial charge in [-0.05, 0) is 48.5 Å². The lowest BCUT2D eigenvalue weighted by molar-refractivity contribution is 1.13. The van der Waals surface area contributed by atoms with Gasteiger partial charge in [0.25, 0.3) is 0 Å². The lowest BCUT2D eigenvalue weighted by Gasteiger charge is -2.13. The molecule has 0 amide bonds. The van der Waals surface area contributed by atoms with Crippen LogP contribution in [-0.4, -0.2) is 24.1 Å². The van der Waals surface area contributed by atoms with E-state index < -0.39 is 0 Å². The Hall–Kier alpha value is -2.50. The van der Waals surface area contributed by atoms with Gasteiger partial charge in [0.2, 0.25) is 5.95 Å². The fourth-order valence-electron chi connectivity index (χ4n) is 2.19. The van der Waals surface area contributed by atoms with Crippen molar-refractivity contribution in [1.29, 1.82) is 0 Å². The van der Waals surface area contributed by atoms with E-state index in [4.69, 9.17) is 23.2 Å². The maximum atomic E-state index is 6.17. The van der Waals surface area contributed by atoms with Crippen LogP contribution in [0.5, 0.6) is 0 Å². The SMILES string of the molecule is CN(C)c1ccc(Nc2ccnc(Nc3ccc(Cl)cc3Cl)n2)cc1. The van der Waals surface area contributed by atoms with Crippen LogP contribution >= 0.6 is 23.2 Å². The number of hydrogen-bond donors (Lipinski definition) is 2. The first-order valence-corrected chi connectivity index (χ1v) is 8.36. The van der Waals surface area contributed by atoms with Crippen molar-refractivity contribution in [3.05, 3.63) is 64.8 Å². The Morgan fingerprint density at radius 3 is 2.36 bits per heavy atom. The molecule has 0 saturated carbocycles. The molecule has 0 aliphatic rings. The van der Waals surface area contributed by atoms with Crippen LogP contribution in [0.25, 0.3) is 0 Å². The molecule has 0 fully saturated rings. The third-order valence-corrected chi connectivity index (χ3v) is 4.04. The molecule has 0 radical (unpaired) electrons. The van der Waals surface area contributed by atoms with Gasteiger partial charge in [0, 0.05) is 36.7 Å². The van der Waals surface area contributed by atoms with Gasteiger partial charge in [-0.25, -0.2) is 4.98 Å². The zero-order chi connectivity index (χ0) is 17.8. The number of benzene rings is 2. The number of rotatable bonds is 5. The van der Waals surface area contributed by atoms with Crippen LogP contribution in [0.3, 0.4) is 0 Å². The highest BCUT2D eigenvalue weighted by atomic mass is 35.5. The fraction of sp³-hybridized carbons (Fsp3) is 0.111. The summed E-state index contributed by atoms with van der Waals surface area (Å²) in [6.45, 7) is 0.